The first-order chi connectivity index (χ1) is 7.72. The Morgan fingerprint density at radius 1 is 1.56 bits per heavy atom. The van der Waals surface area contributed by atoms with Gasteiger partial charge in [0.2, 0.25) is 0 Å². The summed E-state index contributed by atoms with van der Waals surface area (Å²) in [7, 11) is 0. The Labute approximate surface area is 95.8 Å². The van der Waals surface area contributed by atoms with Crippen LogP contribution in [0.2, 0.25) is 0 Å². The van der Waals surface area contributed by atoms with Crippen LogP contribution in [0, 0.1) is 0 Å². The summed E-state index contributed by atoms with van der Waals surface area (Å²) in [5.74, 6) is 0.457. The highest BCUT2D eigenvalue weighted by Gasteiger charge is 2.08. The number of anilines is 1. The molecule has 0 spiro atoms. The number of carbonyl (C=O) groups is 1. The number of aromatic nitrogens is 4. The van der Waals surface area contributed by atoms with Gasteiger partial charge in [0.15, 0.2) is 11.5 Å². The van der Waals surface area contributed by atoms with Gasteiger partial charge in [-0.15, -0.1) is 0 Å². The zero-order chi connectivity index (χ0) is 11.5. The molecule has 2 N–H and O–H groups in total. The fourth-order valence-corrected chi connectivity index (χ4v) is 1.38. The molecule has 0 unspecified atom stereocenters. The van der Waals surface area contributed by atoms with Gasteiger partial charge in [0.25, 0.3) is 0 Å². The average Bonchev–Trinajstić information content (AvgIpc) is 2.69. The molecule has 0 bridgehead atoms. The Hall–Kier alpha value is -1.89. The Morgan fingerprint density at radius 2 is 2.38 bits per heavy atom. The normalized spacial score (nSPS) is 10.4. The lowest BCUT2D eigenvalue weighted by Crippen LogP contribution is -2.24. The summed E-state index contributed by atoms with van der Waals surface area (Å²) in [6, 6.07) is 0. The average molecular weight is 241 g/mol. The summed E-state index contributed by atoms with van der Waals surface area (Å²) in [6.07, 6.45) is 3.01. The van der Waals surface area contributed by atoms with Crippen LogP contribution < -0.4 is 10.9 Å². The van der Waals surface area contributed by atoms with Gasteiger partial charge >= 0.3 is 5.37 Å². The Kier molecular flexibility index (Phi) is 2.86. The molecule has 0 saturated carbocycles. The van der Waals surface area contributed by atoms with Crippen molar-refractivity contribution >= 4 is 33.8 Å². The fourth-order valence-electron chi connectivity index (χ4n) is 1.33. The van der Waals surface area contributed by atoms with Crippen LogP contribution in [0.3, 0.4) is 0 Å². The fraction of sp³-hybridized carbons (Fsp3) is 0.250. The summed E-state index contributed by atoms with van der Waals surface area (Å²) in [5, 5.41) is 4.13. The molecule has 0 atom stereocenters. The van der Waals surface area contributed by atoms with Gasteiger partial charge in [0.05, 0.1) is 11.6 Å². The molecule has 2 rings (SSSR count). The van der Waals surface area contributed by atoms with Gasteiger partial charge in [0.1, 0.15) is 6.33 Å². The first-order valence-electron chi connectivity index (χ1n) is 4.60. The van der Waals surface area contributed by atoms with Crippen LogP contribution in [0.4, 0.5) is 10.6 Å². The third-order valence-electron chi connectivity index (χ3n) is 2.01. The molecule has 0 aliphatic heterocycles. The molecular formula is C8H9ClN6O. The lowest BCUT2D eigenvalue weighted by molar-refractivity contribution is 0.261. The highest BCUT2D eigenvalue weighted by molar-refractivity contribution is 6.63. The number of carbonyl (C=O) groups excluding carboxylic acids is 1. The lowest BCUT2D eigenvalue weighted by Gasteiger charge is -2.04. The molecule has 2 aromatic heterocycles. The van der Waals surface area contributed by atoms with E-state index in [9.17, 15) is 4.79 Å². The van der Waals surface area contributed by atoms with Gasteiger partial charge in [-0.05, 0) is 18.5 Å². The second kappa shape index (κ2) is 4.31. The third kappa shape index (κ3) is 1.89. The number of nitrogens with one attached hydrogen (secondary N) is 2. The second-order valence-electron chi connectivity index (χ2n) is 2.94. The summed E-state index contributed by atoms with van der Waals surface area (Å²) in [5.41, 5.74) is 5.52. The molecule has 7 nitrogen and oxygen atoms in total. The zero-order valence-electron chi connectivity index (χ0n) is 8.44. The minimum Gasteiger partial charge on any atom is -0.280 e. The van der Waals surface area contributed by atoms with Crippen molar-refractivity contribution in [3.8, 4) is 0 Å². The summed E-state index contributed by atoms with van der Waals surface area (Å²) < 4.78 is 1.73. The van der Waals surface area contributed by atoms with E-state index in [1.807, 2.05) is 6.92 Å². The first kappa shape index (κ1) is 10.6. The van der Waals surface area contributed by atoms with Crippen LogP contribution in [-0.2, 0) is 6.54 Å². The van der Waals surface area contributed by atoms with Crippen molar-refractivity contribution in [1.29, 1.82) is 0 Å². The van der Waals surface area contributed by atoms with Crippen molar-refractivity contribution in [3.05, 3.63) is 12.5 Å². The van der Waals surface area contributed by atoms with Crippen LogP contribution in [-0.4, -0.2) is 25.1 Å². The van der Waals surface area contributed by atoms with Crippen molar-refractivity contribution in [2.24, 2.45) is 0 Å². The molecule has 0 aromatic carbocycles. The number of nitrogens with zero attached hydrogens (tertiary/aromatic N) is 4. The SMILES string of the molecule is CCn1ncc2c(NNC(=O)Cl)ncnc21. The predicted molar refractivity (Wildman–Crippen MR) is 59.0 cm³/mol. The lowest BCUT2D eigenvalue weighted by atomic mass is 10.4. The monoisotopic (exact) mass is 240 g/mol. The second-order valence-corrected chi connectivity index (χ2v) is 3.29. The maximum Gasteiger partial charge on any atom is 0.332 e. The van der Waals surface area contributed by atoms with Crippen LogP contribution in [0.15, 0.2) is 12.5 Å². The minimum absolute atomic E-state index is 0.457. The maximum atomic E-state index is 10.5. The van der Waals surface area contributed by atoms with Gasteiger partial charge in [0, 0.05) is 6.54 Å². The number of hydrogen-bond acceptors (Lipinski definition) is 5. The Balaban J connectivity index is 2.38. The topological polar surface area (TPSA) is 84.7 Å². The van der Waals surface area contributed by atoms with E-state index in [1.165, 1.54) is 6.33 Å². The number of rotatable bonds is 3. The molecule has 2 aromatic rings. The van der Waals surface area contributed by atoms with Gasteiger partial charge in [-0.3, -0.25) is 15.6 Å². The van der Waals surface area contributed by atoms with Crippen LogP contribution in [0.25, 0.3) is 11.0 Å². The van der Waals surface area contributed by atoms with E-state index in [0.29, 0.717) is 18.0 Å². The molecule has 1 amide bonds. The van der Waals surface area contributed by atoms with Gasteiger partial charge < -0.3 is 0 Å². The minimum atomic E-state index is -0.713. The van der Waals surface area contributed by atoms with E-state index in [-0.39, 0.29) is 0 Å². The van der Waals surface area contributed by atoms with Crippen molar-refractivity contribution in [2.45, 2.75) is 13.5 Å². The van der Waals surface area contributed by atoms with E-state index < -0.39 is 5.37 Å². The highest BCUT2D eigenvalue weighted by Crippen LogP contribution is 2.17. The van der Waals surface area contributed by atoms with Gasteiger partial charge in [-0.2, -0.15) is 5.10 Å². The third-order valence-corrected chi connectivity index (χ3v) is 2.11. The zero-order valence-corrected chi connectivity index (χ0v) is 9.19. The van der Waals surface area contributed by atoms with Gasteiger partial charge in [-0.1, -0.05) is 0 Å². The van der Waals surface area contributed by atoms with E-state index >= 15 is 0 Å². The highest BCUT2D eigenvalue weighted by atomic mass is 35.5. The predicted octanol–water partition coefficient (Wildman–Crippen LogP) is 1.12. The van der Waals surface area contributed by atoms with E-state index in [2.05, 4.69) is 25.9 Å². The van der Waals surface area contributed by atoms with Crippen molar-refractivity contribution < 1.29 is 4.79 Å². The number of amides is 1. The number of fused-ring (bicyclic) bond motifs is 1. The maximum absolute atomic E-state index is 10.5. The summed E-state index contributed by atoms with van der Waals surface area (Å²) in [4.78, 5) is 18.6. The molecule has 16 heavy (non-hydrogen) atoms. The van der Waals surface area contributed by atoms with E-state index in [1.54, 1.807) is 10.9 Å². The van der Waals surface area contributed by atoms with Crippen molar-refractivity contribution in [3.63, 3.8) is 0 Å². The number of halogens is 1. The van der Waals surface area contributed by atoms with Crippen LogP contribution in [0.1, 0.15) is 6.92 Å². The standard InChI is InChI=1S/C8H9ClN6O/c1-2-15-7-5(3-12-15)6(10-4-11-7)13-14-8(9)16/h3-4H,2H2,1H3,(H,14,16)(H,10,11,13). The number of aryl methyl sites for hydroxylation is 1. The molecule has 0 fully saturated rings. The molecule has 2 heterocycles. The Bertz CT molecular complexity index is 524. The number of hydrogen-bond donors (Lipinski definition) is 2. The van der Waals surface area contributed by atoms with Crippen molar-refractivity contribution in [1.82, 2.24) is 25.2 Å². The molecule has 0 aliphatic rings. The molecule has 8 heteroatoms. The van der Waals surface area contributed by atoms with Crippen LogP contribution >= 0.6 is 11.6 Å². The quantitative estimate of drug-likeness (QED) is 0.477. The molecule has 84 valence electrons. The van der Waals surface area contributed by atoms with E-state index in [0.717, 1.165) is 5.39 Å². The first-order valence-corrected chi connectivity index (χ1v) is 4.98. The number of hydrazine groups is 1. The molecule has 0 saturated heterocycles. The van der Waals surface area contributed by atoms with E-state index in [4.69, 9.17) is 11.6 Å². The van der Waals surface area contributed by atoms with Crippen LogP contribution in [0.5, 0.6) is 0 Å². The molecule has 0 aliphatic carbocycles. The summed E-state index contributed by atoms with van der Waals surface area (Å²) >= 11 is 5.13. The Morgan fingerprint density at radius 3 is 3.06 bits per heavy atom. The molecular weight excluding hydrogens is 232 g/mol. The largest absolute Gasteiger partial charge is 0.332 e. The van der Waals surface area contributed by atoms with Crippen molar-refractivity contribution in [2.75, 3.05) is 5.43 Å². The van der Waals surface area contributed by atoms with Gasteiger partial charge in [-0.25, -0.2) is 14.6 Å². The smallest absolute Gasteiger partial charge is 0.280 e. The molecule has 0 radical (unpaired) electrons. The summed E-state index contributed by atoms with van der Waals surface area (Å²) in [6.45, 7) is 2.67.